The Balaban J connectivity index is 1.43. The summed E-state index contributed by atoms with van der Waals surface area (Å²) in [5, 5.41) is 2.89. The van der Waals surface area contributed by atoms with E-state index < -0.39 is 0 Å². The summed E-state index contributed by atoms with van der Waals surface area (Å²) in [6.45, 7) is 2.41. The molecule has 6 heteroatoms. The SMILES string of the molecule is Cc1cccn2c(C(=O)Nc3ccc(OCc4cccnc4)cc3)cnc12. The number of hydrogen-bond donors (Lipinski definition) is 1. The van der Waals surface area contributed by atoms with Crippen molar-refractivity contribution in [2.45, 2.75) is 13.5 Å². The van der Waals surface area contributed by atoms with Crippen LogP contribution in [0.1, 0.15) is 21.6 Å². The smallest absolute Gasteiger partial charge is 0.274 e. The second kappa shape index (κ2) is 7.29. The molecule has 0 aliphatic carbocycles. The number of benzene rings is 1. The zero-order chi connectivity index (χ0) is 18.6. The lowest BCUT2D eigenvalue weighted by Gasteiger charge is -2.08. The van der Waals surface area contributed by atoms with Crippen LogP contribution < -0.4 is 10.1 Å². The van der Waals surface area contributed by atoms with E-state index >= 15 is 0 Å². The average molecular weight is 358 g/mol. The lowest BCUT2D eigenvalue weighted by molar-refractivity contribution is 0.102. The number of ether oxygens (including phenoxy) is 1. The maximum absolute atomic E-state index is 12.6. The third-order valence-corrected chi connectivity index (χ3v) is 4.20. The largest absolute Gasteiger partial charge is 0.489 e. The van der Waals surface area contributed by atoms with Gasteiger partial charge in [-0.15, -0.1) is 0 Å². The minimum Gasteiger partial charge on any atom is -0.489 e. The van der Waals surface area contributed by atoms with E-state index in [1.165, 1.54) is 0 Å². The molecule has 1 amide bonds. The number of nitrogens with zero attached hydrogens (tertiary/aromatic N) is 3. The molecule has 0 radical (unpaired) electrons. The van der Waals surface area contributed by atoms with E-state index in [0.717, 1.165) is 22.5 Å². The molecule has 0 saturated heterocycles. The van der Waals surface area contributed by atoms with E-state index in [9.17, 15) is 4.79 Å². The van der Waals surface area contributed by atoms with Gasteiger partial charge in [-0.1, -0.05) is 12.1 Å². The van der Waals surface area contributed by atoms with Gasteiger partial charge in [0.25, 0.3) is 5.91 Å². The monoisotopic (exact) mass is 358 g/mol. The van der Waals surface area contributed by atoms with Crippen molar-refractivity contribution in [2.24, 2.45) is 0 Å². The Labute approximate surface area is 156 Å². The first-order valence-electron chi connectivity index (χ1n) is 8.56. The van der Waals surface area contributed by atoms with Crippen LogP contribution in [0.4, 0.5) is 5.69 Å². The molecule has 3 heterocycles. The summed E-state index contributed by atoms with van der Waals surface area (Å²) in [4.78, 5) is 21.0. The molecule has 0 saturated carbocycles. The lowest BCUT2D eigenvalue weighted by atomic mass is 10.2. The summed E-state index contributed by atoms with van der Waals surface area (Å²) in [6, 6.07) is 15.0. The number of aryl methyl sites for hydroxylation is 1. The first-order valence-corrected chi connectivity index (χ1v) is 8.56. The molecule has 0 aliphatic rings. The van der Waals surface area contributed by atoms with Gasteiger partial charge in [-0.05, 0) is 48.9 Å². The van der Waals surface area contributed by atoms with Gasteiger partial charge >= 0.3 is 0 Å². The first kappa shape index (κ1) is 16.8. The zero-order valence-electron chi connectivity index (χ0n) is 14.8. The van der Waals surface area contributed by atoms with Crippen LogP contribution in [0.3, 0.4) is 0 Å². The Morgan fingerprint density at radius 2 is 1.96 bits per heavy atom. The molecule has 3 aromatic heterocycles. The van der Waals surface area contributed by atoms with Crippen molar-refractivity contribution in [1.82, 2.24) is 14.4 Å². The Kier molecular flexibility index (Phi) is 4.53. The highest BCUT2D eigenvalue weighted by molar-refractivity contribution is 6.03. The summed E-state index contributed by atoms with van der Waals surface area (Å²) < 4.78 is 7.52. The Bertz CT molecular complexity index is 1070. The number of fused-ring (bicyclic) bond motifs is 1. The number of rotatable bonds is 5. The fraction of sp³-hybridized carbons (Fsp3) is 0.0952. The van der Waals surface area contributed by atoms with E-state index in [4.69, 9.17) is 4.74 Å². The molecule has 27 heavy (non-hydrogen) atoms. The number of amides is 1. The molecule has 0 spiro atoms. The van der Waals surface area contributed by atoms with Crippen LogP contribution in [-0.4, -0.2) is 20.3 Å². The number of aromatic nitrogens is 3. The second-order valence-electron chi connectivity index (χ2n) is 6.16. The van der Waals surface area contributed by atoms with E-state index in [0.29, 0.717) is 18.0 Å². The van der Waals surface area contributed by atoms with Gasteiger partial charge in [0.2, 0.25) is 0 Å². The fourth-order valence-corrected chi connectivity index (χ4v) is 2.80. The number of pyridine rings is 2. The fourth-order valence-electron chi connectivity index (χ4n) is 2.80. The number of imidazole rings is 1. The molecule has 4 aromatic rings. The number of carbonyl (C=O) groups excluding carboxylic acids is 1. The molecule has 4 rings (SSSR count). The van der Waals surface area contributed by atoms with E-state index in [1.807, 2.05) is 61.7 Å². The van der Waals surface area contributed by atoms with Crippen LogP contribution in [0.25, 0.3) is 5.65 Å². The predicted octanol–water partition coefficient (Wildman–Crippen LogP) is 3.87. The van der Waals surface area contributed by atoms with Crippen LogP contribution in [-0.2, 0) is 6.61 Å². The summed E-state index contributed by atoms with van der Waals surface area (Å²) in [5.41, 5.74) is 3.98. The molecule has 134 valence electrons. The summed E-state index contributed by atoms with van der Waals surface area (Å²) in [6.07, 6.45) is 6.92. The van der Waals surface area contributed by atoms with Crippen molar-refractivity contribution in [1.29, 1.82) is 0 Å². The van der Waals surface area contributed by atoms with Gasteiger partial charge in [0.15, 0.2) is 0 Å². The highest BCUT2D eigenvalue weighted by Gasteiger charge is 2.13. The quantitative estimate of drug-likeness (QED) is 0.588. The molecule has 0 unspecified atom stereocenters. The Morgan fingerprint density at radius 1 is 1.11 bits per heavy atom. The second-order valence-corrected chi connectivity index (χ2v) is 6.16. The maximum Gasteiger partial charge on any atom is 0.274 e. The minimum atomic E-state index is -0.211. The normalized spacial score (nSPS) is 10.7. The first-order chi connectivity index (χ1) is 13.2. The van der Waals surface area contributed by atoms with Crippen molar-refractivity contribution in [2.75, 3.05) is 5.32 Å². The van der Waals surface area contributed by atoms with Crippen LogP contribution >= 0.6 is 0 Å². The minimum absolute atomic E-state index is 0.211. The highest BCUT2D eigenvalue weighted by atomic mass is 16.5. The lowest BCUT2D eigenvalue weighted by Crippen LogP contribution is -2.14. The number of nitrogens with one attached hydrogen (secondary N) is 1. The molecule has 1 N–H and O–H groups in total. The van der Waals surface area contributed by atoms with E-state index in [-0.39, 0.29) is 5.91 Å². The standard InChI is InChI=1S/C21H18N4O2/c1-15-4-3-11-25-19(13-23-20(15)25)21(26)24-17-6-8-18(9-7-17)27-14-16-5-2-10-22-12-16/h2-13H,14H2,1H3,(H,24,26). The van der Waals surface area contributed by atoms with E-state index in [2.05, 4.69) is 15.3 Å². The summed E-state index contributed by atoms with van der Waals surface area (Å²) in [5.74, 6) is 0.513. The third kappa shape index (κ3) is 3.64. The molecule has 0 bridgehead atoms. The van der Waals surface area contributed by atoms with Gasteiger partial charge in [0.05, 0.1) is 6.20 Å². The van der Waals surface area contributed by atoms with Crippen LogP contribution in [0.15, 0.2) is 73.3 Å². The average Bonchev–Trinajstić information content (AvgIpc) is 3.14. The van der Waals surface area contributed by atoms with Crippen molar-refractivity contribution in [3.8, 4) is 5.75 Å². The Hall–Kier alpha value is -3.67. The summed E-state index contributed by atoms with van der Waals surface area (Å²) in [7, 11) is 0. The third-order valence-electron chi connectivity index (χ3n) is 4.20. The molecule has 6 nitrogen and oxygen atoms in total. The number of anilines is 1. The van der Waals surface area contributed by atoms with Crippen molar-refractivity contribution >= 4 is 17.2 Å². The van der Waals surface area contributed by atoms with Gasteiger partial charge in [0, 0.05) is 29.8 Å². The maximum atomic E-state index is 12.6. The zero-order valence-corrected chi connectivity index (χ0v) is 14.8. The molecule has 0 atom stereocenters. The molecular weight excluding hydrogens is 340 g/mol. The molecule has 0 fully saturated rings. The number of carbonyl (C=O) groups is 1. The van der Waals surface area contributed by atoms with E-state index in [1.54, 1.807) is 23.0 Å². The van der Waals surface area contributed by atoms with Crippen molar-refractivity contribution in [3.05, 3.63) is 90.1 Å². The molecule has 1 aromatic carbocycles. The van der Waals surface area contributed by atoms with Crippen molar-refractivity contribution in [3.63, 3.8) is 0 Å². The Morgan fingerprint density at radius 3 is 2.74 bits per heavy atom. The van der Waals surface area contributed by atoms with Gasteiger partial charge in [-0.3, -0.25) is 14.2 Å². The molecule has 0 aliphatic heterocycles. The van der Waals surface area contributed by atoms with Crippen LogP contribution in [0, 0.1) is 6.92 Å². The molecular formula is C21H18N4O2. The highest BCUT2D eigenvalue weighted by Crippen LogP contribution is 2.18. The van der Waals surface area contributed by atoms with Crippen molar-refractivity contribution < 1.29 is 9.53 Å². The van der Waals surface area contributed by atoms with Crippen LogP contribution in [0.5, 0.6) is 5.75 Å². The van der Waals surface area contributed by atoms with Gasteiger partial charge in [-0.25, -0.2) is 4.98 Å². The number of hydrogen-bond acceptors (Lipinski definition) is 4. The van der Waals surface area contributed by atoms with Gasteiger partial charge < -0.3 is 10.1 Å². The van der Waals surface area contributed by atoms with Gasteiger partial charge in [-0.2, -0.15) is 0 Å². The van der Waals surface area contributed by atoms with Gasteiger partial charge in [0.1, 0.15) is 23.7 Å². The van der Waals surface area contributed by atoms with Crippen LogP contribution in [0.2, 0.25) is 0 Å². The topological polar surface area (TPSA) is 68.5 Å². The summed E-state index contributed by atoms with van der Waals surface area (Å²) >= 11 is 0. The predicted molar refractivity (Wildman–Crippen MR) is 103 cm³/mol.